The van der Waals surface area contributed by atoms with Crippen molar-refractivity contribution in [1.29, 1.82) is 0 Å². The van der Waals surface area contributed by atoms with Crippen LogP contribution in [-0.4, -0.2) is 40.2 Å². The van der Waals surface area contributed by atoms with Gasteiger partial charge in [0.25, 0.3) is 5.91 Å². The van der Waals surface area contributed by atoms with Crippen LogP contribution in [0, 0.1) is 6.92 Å². The molecule has 1 amide bonds. The second-order valence-electron chi connectivity index (χ2n) is 5.75. The predicted octanol–water partition coefficient (Wildman–Crippen LogP) is 3.78. The zero-order valence-corrected chi connectivity index (χ0v) is 14.7. The number of piperidine rings is 1. The molecule has 24 heavy (non-hydrogen) atoms. The average molecular weight is 366 g/mol. The van der Waals surface area contributed by atoms with Gasteiger partial charge in [-0.15, -0.1) is 5.10 Å². The number of hydrogen-bond donors (Lipinski definition) is 0. The number of carbonyl (C=O) groups excluding carboxylic acids is 1. The summed E-state index contributed by atoms with van der Waals surface area (Å²) in [5.74, 6) is 0.441. The molecule has 0 spiro atoms. The van der Waals surface area contributed by atoms with Crippen molar-refractivity contribution in [2.75, 3.05) is 13.1 Å². The summed E-state index contributed by atoms with van der Waals surface area (Å²) in [5, 5.41) is 8.88. The third kappa shape index (κ3) is 3.97. The molecule has 0 aliphatic carbocycles. The number of rotatable bonds is 3. The Morgan fingerprint density at radius 3 is 2.54 bits per heavy atom. The van der Waals surface area contributed by atoms with Crippen LogP contribution in [0.15, 0.2) is 30.3 Å². The van der Waals surface area contributed by atoms with Gasteiger partial charge < -0.3 is 9.64 Å². The van der Waals surface area contributed by atoms with Gasteiger partial charge >= 0.3 is 0 Å². The first-order valence-corrected chi connectivity index (χ1v) is 8.50. The van der Waals surface area contributed by atoms with Gasteiger partial charge in [-0.2, -0.15) is 5.10 Å². The molecule has 0 radical (unpaired) electrons. The average Bonchev–Trinajstić information content (AvgIpc) is 2.57. The Morgan fingerprint density at radius 2 is 1.92 bits per heavy atom. The molecule has 1 aliphatic heterocycles. The maximum atomic E-state index is 12.6. The highest BCUT2D eigenvalue weighted by Crippen LogP contribution is 2.24. The Kier molecular flexibility index (Phi) is 5.21. The lowest BCUT2D eigenvalue weighted by atomic mass is 10.1. The van der Waals surface area contributed by atoms with E-state index in [0.717, 1.165) is 18.5 Å². The molecule has 0 N–H and O–H groups in total. The molecule has 5 nitrogen and oxygen atoms in total. The second kappa shape index (κ2) is 7.36. The lowest BCUT2D eigenvalue weighted by Crippen LogP contribution is -2.42. The van der Waals surface area contributed by atoms with Crippen molar-refractivity contribution in [3.63, 3.8) is 0 Å². The first-order chi connectivity index (χ1) is 11.5. The number of aromatic nitrogens is 2. The largest absolute Gasteiger partial charge is 0.473 e. The van der Waals surface area contributed by atoms with E-state index in [-0.39, 0.29) is 12.0 Å². The van der Waals surface area contributed by atoms with Crippen LogP contribution >= 0.6 is 23.2 Å². The monoisotopic (exact) mass is 365 g/mol. The van der Waals surface area contributed by atoms with Crippen LogP contribution in [0.4, 0.5) is 0 Å². The molecule has 1 aromatic carbocycles. The zero-order chi connectivity index (χ0) is 17.1. The highest BCUT2D eigenvalue weighted by Gasteiger charge is 2.26. The number of benzene rings is 1. The summed E-state index contributed by atoms with van der Waals surface area (Å²) in [5.41, 5.74) is 1.33. The van der Waals surface area contributed by atoms with Crippen LogP contribution in [0.5, 0.6) is 5.88 Å². The summed E-state index contributed by atoms with van der Waals surface area (Å²) in [4.78, 5) is 14.4. The van der Waals surface area contributed by atoms with Crippen molar-refractivity contribution in [1.82, 2.24) is 15.1 Å². The van der Waals surface area contributed by atoms with Gasteiger partial charge in [0.05, 0.1) is 16.3 Å². The molecule has 2 aromatic rings. The maximum Gasteiger partial charge on any atom is 0.255 e. The van der Waals surface area contributed by atoms with Gasteiger partial charge in [-0.3, -0.25) is 4.79 Å². The molecule has 1 saturated heterocycles. The fraction of sp³-hybridized carbons (Fsp3) is 0.353. The zero-order valence-electron chi connectivity index (χ0n) is 13.2. The third-order valence-electron chi connectivity index (χ3n) is 3.95. The van der Waals surface area contributed by atoms with Gasteiger partial charge in [0.15, 0.2) is 0 Å². The SMILES string of the molecule is Cc1ccc(OC2CCN(C(=O)c3ccc(Cl)cc3Cl)CC2)nn1. The van der Waals surface area contributed by atoms with E-state index in [1.165, 1.54) is 0 Å². The first kappa shape index (κ1) is 17.0. The van der Waals surface area contributed by atoms with Crippen molar-refractivity contribution >= 4 is 29.1 Å². The van der Waals surface area contributed by atoms with Gasteiger partial charge in [0.2, 0.25) is 5.88 Å². The number of amides is 1. The highest BCUT2D eigenvalue weighted by atomic mass is 35.5. The highest BCUT2D eigenvalue weighted by molar-refractivity contribution is 6.36. The molecule has 7 heteroatoms. The van der Waals surface area contributed by atoms with E-state index < -0.39 is 0 Å². The Bertz CT molecular complexity index is 729. The number of likely N-dealkylation sites (tertiary alicyclic amines) is 1. The second-order valence-corrected chi connectivity index (χ2v) is 6.59. The molecule has 3 rings (SSSR count). The molecule has 1 fully saturated rings. The molecule has 0 atom stereocenters. The number of aryl methyl sites for hydroxylation is 1. The summed E-state index contributed by atoms with van der Waals surface area (Å²) in [7, 11) is 0. The van der Waals surface area contributed by atoms with E-state index in [1.54, 1.807) is 23.1 Å². The summed E-state index contributed by atoms with van der Waals surface area (Å²) in [6, 6.07) is 8.60. The van der Waals surface area contributed by atoms with Crippen LogP contribution in [0.1, 0.15) is 28.9 Å². The van der Waals surface area contributed by atoms with E-state index >= 15 is 0 Å². The Morgan fingerprint density at radius 1 is 1.17 bits per heavy atom. The van der Waals surface area contributed by atoms with E-state index in [2.05, 4.69) is 10.2 Å². The fourth-order valence-corrected chi connectivity index (χ4v) is 3.12. The van der Waals surface area contributed by atoms with Gasteiger partial charge in [0.1, 0.15) is 6.10 Å². The van der Waals surface area contributed by atoms with Crippen molar-refractivity contribution in [2.45, 2.75) is 25.9 Å². The minimum Gasteiger partial charge on any atom is -0.473 e. The molecule has 1 aromatic heterocycles. The number of nitrogens with zero attached hydrogens (tertiary/aromatic N) is 3. The summed E-state index contributed by atoms with van der Waals surface area (Å²) >= 11 is 12.0. The number of ether oxygens (including phenoxy) is 1. The molecule has 2 heterocycles. The van der Waals surface area contributed by atoms with Crippen LogP contribution in [0.25, 0.3) is 0 Å². The molecule has 0 bridgehead atoms. The lowest BCUT2D eigenvalue weighted by Gasteiger charge is -2.32. The number of carbonyl (C=O) groups is 1. The van der Waals surface area contributed by atoms with Crippen molar-refractivity contribution < 1.29 is 9.53 Å². The molecule has 126 valence electrons. The maximum absolute atomic E-state index is 12.6. The Hall–Kier alpha value is -1.85. The van der Waals surface area contributed by atoms with Crippen LogP contribution < -0.4 is 4.74 Å². The molecule has 1 aliphatic rings. The van der Waals surface area contributed by atoms with E-state index in [9.17, 15) is 4.79 Å². The van der Waals surface area contributed by atoms with Gasteiger partial charge in [-0.1, -0.05) is 23.2 Å². The van der Waals surface area contributed by atoms with E-state index in [4.69, 9.17) is 27.9 Å². The first-order valence-electron chi connectivity index (χ1n) is 7.74. The Labute approximate surface area is 150 Å². The minimum atomic E-state index is -0.0785. The fourth-order valence-electron chi connectivity index (χ4n) is 2.63. The van der Waals surface area contributed by atoms with Gasteiger partial charge in [-0.25, -0.2) is 0 Å². The van der Waals surface area contributed by atoms with Crippen molar-refractivity contribution in [3.05, 3.63) is 51.6 Å². The quantitative estimate of drug-likeness (QED) is 0.830. The molecular weight excluding hydrogens is 349 g/mol. The summed E-state index contributed by atoms with van der Waals surface area (Å²) in [6.07, 6.45) is 1.52. The van der Waals surface area contributed by atoms with Crippen LogP contribution in [-0.2, 0) is 0 Å². The molecular formula is C17H17Cl2N3O2. The van der Waals surface area contributed by atoms with Gasteiger partial charge in [-0.05, 0) is 31.2 Å². The van der Waals surface area contributed by atoms with E-state index in [0.29, 0.717) is 34.6 Å². The molecule has 0 unspecified atom stereocenters. The minimum absolute atomic E-state index is 0.0340. The third-order valence-corrected chi connectivity index (χ3v) is 4.50. The molecule has 0 saturated carbocycles. The van der Waals surface area contributed by atoms with E-state index in [1.807, 2.05) is 19.1 Å². The summed E-state index contributed by atoms with van der Waals surface area (Å²) in [6.45, 7) is 3.10. The van der Waals surface area contributed by atoms with Crippen molar-refractivity contribution in [2.24, 2.45) is 0 Å². The van der Waals surface area contributed by atoms with Gasteiger partial charge in [0, 0.05) is 37.0 Å². The van der Waals surface area contributed by atoms with Crippen LogP contribution in [0.2, 0.25) is 10.0 Å². The number of halogens is 2. The standard InChI is InChI=1S/C17H17Cl2N3O2/c1-11-2-5-16(21-20-11)24-13-6-8-22(9-7-13)17(23)14-4-3-12(18)10-15(14)19/h2-5,10,13H,6-9H2,1H3. The lowest BCUT2D eigenvalue weighted by molar-refractivity contribution is 0.0586. The Balaban J connectivity index is 1.58. The topological polar surface area (TPSA) is 55.3 Å². The smallest absolute Gasteiger partial charge is 0.255 e. The van der Waals surface area contributed by atoms with Crippen LogP contribution in [0.3, 0.4) is 0 Å². The number of hydrogen-bond acceptors (Lipinski definition) is 4. The summed E-state index contributed by atoms with van der Waals surface area (Å²) < 4.78 is 5.83. The predicted molar refractivity (Wildman–Crippen MR) is 92.8 cm³/mol. The normalized spacial score (nSPS) is 15.4. The van der Waals surface area contributed by atoms with Crippen molar-refractivity contribution in [3.8, 4) is 5.88 Å².